The number of amides is 2. The highest BCUT2D eigenvalue weighted by Gasteiger charge is 2.10. The van der Waals surface area contributed by atoms with Crippen molar-refractivity contribution in [2.75, 3.05) is 12.4 Å². The fourth-order valence-electron chi connectivity index (χ4n) is 2.18. The molecule has 0 aliphatic heterocycles. The van der Waals surface area contributed by atoms with Crippen LogP contribution < -0.4 is 15.4 Å². The summed E-state index contributed by atoms with van der Waals surface area (Å²) in [5.41, 5.74) is 1.58. The number of carbonyl (C=O) groups excluding carboxylic acids is 1. The number of nitrogens with one attached hydrogen (secondary N) is 2. The van der Waals surface area contributed by atoms with Crippen LogP contribution in [0, 0.1) is 5.82 Å². The summed E-state index contributed by atoms with van der Waals surface area (Å²) in [6.07, 6.45) is 0.676. The summed E-state index contributed by atoms with van der Waals surface area (Å²) in [7, 11) is 1.62. The number of rotatable bonds is 5. The highest BCUT2D eigenvalue weighted by molar-refractivity contribution is 9.10. The van der Waals surface area contributed by atoms with E-state index in [1.807, 2.05) is 31.2 Å². The van der Waals surface area contributed by atoms with E-state index in [0.29, 0.717) is 16.6 Å². The summed E-state index contributed by atoms with van der Waals surface area (Å²) in [4.78, 5) is 12.0. The van der Waals surface area contributed by atoms with Crippen LogP contribution in [0.2, 0.25) is 0 Å². The van der Waals surface area contributed by atoms with Crippen LogP contribution in [0.5, 0.6) is 5.75 Å². The van der Waals surface area contributed by atoms with Crippen molar-refractivity contribution in [2.24, 2.45) is 0 Å². The van der Waals surface area contributed by atoms with E-state index in [4.69, 9.17) is 4.74 Å². The Morgan fingerprint density at radius 3 is 2.78 bits per heavy atom. The third-order valence-electron chi connectivity index (χ3n) is 3.23. The fraction of sp³-hybridized carbons (Fsp3) is 0.235. The number of carbonyl (C=O) groups is 1. The molecule has 0 aliphatic rings. The topological polar surface area (TPSA) is 50.4 Å². The Morgan fingerprint density at radius 1 is 1.30 bits per heavy atom. The van der Waals surface area contributed by atoms with Gasteiger partial charge < -0.3 is 15.4 Å². The van der Waals surface area contributed by atoms with Gasteiger partial charge in [0.05, 0.1) is 12.8 Å². The molecule has 2 amide bonds. The van der Waals surface area contributed by atoms with Gasteiger partial charge in [0.2, 0.25) is 0 Å². The minimum absolute atomic E-state index is 0.0682. The van der Waals surface area contributed by atoms with Crippen LogP contribution in [-0.4, -0.2) is 19.2 Å². The maximum Gasteiger partial charge on any atom is 0.319 e. The summed E-state index contributed by atoms with van der Waals surface area (Å²) in [6, 6.07) is 11.4. The van der Waals surface area contributed by atoms with Crippen molar-refractivity contribution in [1.82, 2.24) is 5.32 Å². The first-order valence-corrected chi connectivity index (χ1v) is 7.92. The van der Waals surface area contributed by atoms with Crippen LogP contribution >= 0.6 is 15.9 Å². The summed E-state index contributed by atoms with van der Waals surface area (Å²) in [5.74, 6) is 0.420. The second kappa shape index (κ2) is 7.97. The summed E-state index contributed by atoms with van der Waals surface area (Å²) in [6.45, 7) is 1.92. The SMILES string of the molecule is COc1cccc(CC(C)NC(=O)Nc2ccc(F)cc2Br)c1. The van der Waals surface area contributed by atoms with Gasteiger partial charge in [-0.25, -0.2) is 9.18 Å². The zero-order valence-corrected chi connectivity index (χ0v) is 14.5. The van der Waals surface area contributed by atoms with Gasteiger partial charge in [0.1, 0.15) is 11.6 Å². The smallest absolute Gasteiger partial charge is 0.319 e. The first-order valence-electron chi connectivity index (χ1n) is 7.13. The average Bonchev–Trinajstić information content (AvgIpc) is 2.50. The lowest BCUT2D eigenvalue weighted by Gasteiger charge is -2.16. The van der Waals surface area contributed by atoms with Crippen LogP contribution in [0.3, 0.4) is 0 Å². The monoisotopic (exact) mass is 380 g/mol. The van der Waals surface area contributed by atoms with Gasteiger partial charge in [-0.05, 0) is 65.2 Å². The molecule has 2 aromatic rings. The van der Waals surface area contributed by atoms with Crippen LogP contribution in [0.4, 0.5) is 14.9 Å². The van der Waals surface area contributed by atoms with Crippen LogP contribution in [0.25, 0.3) is 0 Å². The number of halogens is 2. The molecule has 0 saturated carbocycles. The molecule has 2 N–H and O–H groups in total. The number of hydrogen-bond donors (Lipinski definition) is 2. The maximum atomic E-state index is 13.0. The molecule has 2 aromatic carbocycles. The van der Waals surface area contributed by atoms with Crippen LogP contribution in [0.1, 0.15) is 12.5 Å². The van der Waals surface area contributed by atoms with E-state index in [9.17, 15) is 9.18 Å². The molecule has 4 nitrogen and oxygen atoms in total. The van der Waals surface area contributed by atoms with E-state index >= 15 is 0 Å². The number of anilines is 1. The number of ether oxygens (including phenoxy) is 1. The van der Waals surface area contributed by atoms with Crippen molar-refractivity contribution >= 4 is 27.6 Å². The Bertz CT molecular complexity index is 694. The van der Waals surface area contributed by atoms with E-state index in [-0.39, 0.29) is 17.9 Å². The van der Waals surface area contributed by atoms with Crippen molar-refractivity contribution in [3.8, 4) is 5.75 Å². The molecule has 0 heterocycles. The second-order valence-electron chi connectivity index (χ2n) is 5.18. The van der Waals surface area contributed by atoms with Crippen molar-refractivity contribution < 1.29 is 13.9 Å². The minimum Gasteiger partial charge on any atom is -0.497 e. The Kier molecular flexibility index (Phi) is 5.98. The molecule has 1 unspecified atom stereocenters. The molecule has 0 fully saturated rings. The molecular formula is C17H18BrFN2O2. The van der Waals surface area contributed by atoms with Gasteiger partial charge in [0.25, 0.3) is 0 Å². The van der Waals surface area contributed by atoms with E-state index in [2.05, 4.69) is 26.6 Å². The molecule has 0 spiro atoms. The summed E-state index contributed by atoms with van der Waals surface area (Å²) >= 11 is 3.22. The van der Waals surface area contributed by atoms with Crippen molar-refractivity contribution in [1.29, 1.82) is 0 Å². The number of urea groups is 1. The van der Waals surface area contributed by atoms with E-state index in [0.717, 1.165) is 11.3 Å². The van der Waals surface area contributed by atoms with Gasteiger partial charge in [-0.15, -0.1) is 0 Å². The van der Waals surface area contributed by atoms with Gasteiger partial charge in [-0.1, -0.05) is 12.1 Å². The second-order valence-corrected chi connectivity index (χ2v) is 6.03. The normalized spacial score (nSPS) is 11.7. The lowest BCUT2D eigenvalue weighted by molar-refractivity contribution is 0.249. The van der Waals surface area contributed by atoms with Crippen molar-refractivity contribution in [3.05, 3.63) is 58.3 Å². The molecule has 122 valence electrons. The van der Waals surface area contributed by atoms with E-state index in [1.54, 1.807) is 7.11 Å². The number of hydrogen-bond acceptors (Lipinski definition) is 2. The van der Waals surface area contributed by atoms with Gasteiger partial charge in [0.15, 0.2) is 0 Å². The fourth-order valence-corrected chi connectivity index (χ4v) is 2.63. The quantitative estimate of drug-likeness (QED) is 0.809. The summed E-state index contributed by atoms with van der Waals surface area (Å²) < 4.78 is 18.7. The zero-order chi connectivity index (χ0) is 16.8. The Hall–Kier alpha value is -2.08. The van der Waals surface area contributed by atoms with Gasteiger partial charge in [-0.3, -0.25) is 0 Å². The first-order chi connectivity index (χ1) is 11.0. The minimum atomic E-state index is -0.366. The molecule has 0 bridgehead atoms. The highest BCUT2D eigenvalue weighted by atomic mass is 79.9. The van der Waals surface area contributed by atoms with Gasteiger partial charge in [0, 0.05) is 10.5 Å². The lowest BCUT2D eigenvalue weighted by Crippen LogP contribution is -2.37. The largest absolute Gasteiger partial charge is 0.497 e. The van der Waals surface area contributed by atoms with Crippen molar-refractivity contribution in [3.63, 3.8) is 0 Å². The van der Waals surface area contributed by atoms with Crippen LogP contribution in [0.15, 0.2) is 46.9 Å². The highest BCUT2D eigenvalue weighted by Crippen LogP contribution is 2.23. The molecule has 23 heavy (non-hydrogen) atoms. The molecule has 1 atom stereocenters. The standard InChI is InChI=1S/C17H18BrFN2O2/c1-11(8-12-4-3-5-14(9-12)23-2)20-17(22)21-16-7-6-13(19)10-15(16)18/h3-7,9-11H,8H2,1-2H3,(H2,20,21,22). The number of methoxy groups -OCH3 is 1. The zero-order valence-electron chi connectivity index (χ0n) is 12.9. The Labute approximate surface area is 143 Å². The molecule has 0 aliphatic carbocycles. The third-order valence-corrected chi connectivity index (χ3v) is 3.89. The predicted octanol–water partition coefficient (Wildman–Crippen LogP) is 4.35. The van der Waals surface area contributed by atoms with E-state index < -0.39 is 0 Å². The summed E-state index contributed by atoms with van der Waals surface area (Å²) in [5, 5.41) is 5.54. The van der Waals surface area contributed by atoms with Crippen molar-refractivity contribution in [2.45, 2.75) is 19.4 Å². The molecule has 6 heteroatoms. The molecular weight excluding hydrogens is 363 g/mol. The molecule has 0 saturated heterocycles. The average molecular weight is 381 g/mol. The Balaban J connectivity index is 1.91. The molecule has 2 rings (SSSR count). The Morgan fingerprint density at radius 2 is 2.09 bits per heavy atom. The predicted molar refractivity (Wildman–Crippen MR) is 92.4 cm³/mol. The third kappa shape index (κ3) is 5.25. The van der Waals surface area contributed by atoms with E-state index in [1.165, 1.54) is 18.2 Å². The van der Waals surface area contributed by atoms with Gasteiger partial charge >= 0.3 is 6.03 Å². The number of benzene rings is 2. The molecule has 0 radical (unpaired) electrons. The maximum absolute atomic E-state index is 13.0. The van der Waals surface area contributed by atoms with Gasteiger partial charge in [-0.2, -0.15) is 0 Å². The lowest BCUT2D eigenvalue weighted by atomic mass is 10.1. The first kappa shape index (κ1) is 17.3. The molecule has 0 aromatic heterocycles. The van der Waals surface area contributed by atoms with Crippen LogP contribution in [-0.2, 0) is 6.42 Å².